The molecule has 1 aliphatic rings. The highest BCUT2D eigenvalue weighted by molar-refractivity contribution is 6.30. The maximum atomic E-state index is 12.7. The first-order chi connectivity index (χ1) is 12.1. The molecule has 6 nitrogen and oxygen atoms in total. The number of aromatic nitrogens is 2. The van der Waals surface area contributed by atoms with Crippen LogP contribution in [0.25, 0.3) is 0 Å². The molecule has 1 aromatic carbocycles. The zero-order valence-corrected chi connectivity index (χ0v) is 14.9. The number of benzene rings is 1. The first-order valence-corrected chi connectivity index (χ1v) is 8.84. The van der Waals surface area contributed by atoms with Crippen LogP contribution in [0.4, 0.5) is 5.69 Å². The van der Waals surface area contributed by atoms with Crippen molar-refractivity contribution in [2.45, 2.75) is 32.2 Å². The number of H-pyrrole nitrogens is 1. The van der Waals surface area contributed by atoms with Crippen LogP contribution in [0.2, 0.25) is 5.02 Å². The number of anilines is 1. The number of piperazine rings is 1. The Morgan fingerprint density at radius 3 is 2.72 bits per heavy atom. The van der Waals surface area contributed by atoms with Crippen molar-refractivity contribution in [1.29, 1.82) is 0 Å². The molecule has 1 N–H and O–H groups in total. The van der Waals surface area contributed by atoms with Crippen LogP contribution in [0.15, 0.2) is 36.5 Å². The fourth-order valence-corrected chi connectivity index (χ4v) is 3.22. The molecule has 0 unspecified atom stereocenters. The third-order valence-corrected chi connectivity index (χ3v) is 4.71. The van der Waals surface area contributed by atoms with Crippen molar-refractivity contribution in [3.63, 3.8) is 0 Å². The Bertz CT molecular complexity index is 730. The van der Waals surface area contributed by atoms with Crippen LogP contribution in [0.1, 0.15) is 36.7 Å². The van der Waals surface area contributed by atoms with Crippen LogP contribution in [0.5, 0.6) is 0 Å². The van der Waals surface area contributed by atoms with Crippen molar-refractivity contribution in [3.05, 3.63) is 47.2 Å². The molecular weight excluding hydrogens is 340 g/mol. The van der Waals surface area contributed by atoms with E-state index in [0.717, 1.165) is 24.9 Å². The van der Waals surface area contributed by atoms with Gasteiger partial charge in [-0.05, 0) is 36.8 Å². The number of amides is 2. The highest BCUT2D eigenvalue weighted by atomic mass is 35.5. The number of unbranched alkanes of at least 4 members (excludes halogenated alkanes) is 1. The molecule has 1 aliphatic heterocycles. The number of hydrogen-bond donors (Lipinski definition) is 1. The van der Waals surface area contributed by atoms with E-state index >= 15 is 0 Å². The minimum atomic E-state index is -0.178. The highest BCUT2D eigenvalue weighted by Crippen LogP contribution is 2.25. The summed E-state index contributed by atoms with van der Waals surface area (Å²) in [6.07, 6.45) is 4.44. The number of aromatic amines is 1. The van der Waals surface area contributed by atoms with Crippen LogP contribution in [0, 0.1) is 0 Å². The summed E-state index contributed by atoms with van der Waals surface area (Å²) in [7, 11) is 0. The minimum absolute atomic E-state index is 0.0240. The summed E-state index contributed by atoms with van der Waals surface area (Å²) in [5.74, 6) is -0.273. The molecule has 0 spiro atoms. The van der Waals surface area contributed by atoms with E-state index in [1.54, 1.807) is 34.2 Å². The van der Waals surface area contributed by atoms with E-state index in [-0.39, 0.29) is 24.4 Å². The minimum Gasteiger partial charge on any atom is -0.323 e. The largest absolute Gasteiger partial charge is 0.323 e. The van der Waals surface area contributed by atoms with Crippen molar-refractivity contribution >= 4 is 29.1 Å². The lowest BCUT2D eigenvalue weighted by Gasteiger charge is -2.41. The normalized spacial score (nSPS) is 17.8. The highest BCUT2D eigenvalue weighted by Gasteiger charge is 2.36. The van der Waals surface area contributed by atoms with Gasteiger partial charge in [0.1, 0.15) is 12.2 Å². The third-order valence-electron chi connectivity index (χ3n) is 4.46. The van der Waals surface area contributed by atoms with Gasteiger partial charge in [-0.25, -0.2) is 0 Å². The van der Waals surface area contributed by atoms with E-state index in [1.807, 2.05) is 12.1 Å². The Labute approximate surface area is 151 Å². The summed E-state index contributed by atoms with van der Waals surface area (Å²) >= 11 is 5.94. The van der Waals surface area contributed by atoms with E-state index < -0.39 is 0 Å². The number of carbonyl (C=O) groups is 2. The standard InChI is InChI=1S/C18H21ClN4O2/c1-2-3-4-15-11-22(14-7-5-13(19)6-8-14)17(24)12-23(15)18(25)16-9-10-20-21-16/h5-10,15H,2-4,11-12H2,1H3,(H,20,21)/t15-/m0/s1. The van der Waals surface area contributed by atoms with Gasteiger partial charge < -0.3 is 9.80 Å². The molecule has 1 atom stereocenters. The molecule has 0 aliphatic carbocycles. The van der Waals surface area contributed by atoms with Crippen LogP contribution in [0.3, 0.4) is 0 Å². The number of rotatable bonds is 5. The lowest BCUT2D eigenvalue weighted by atomic mass is 10.0. The van der Waals surface area contributed by atoms with Gasteiger partial charge in [-0.1, -0.05) is 31.4 Å². The lowest BCUT2D eigenvalue weighted by Crippen LogP contribution is -2.58. The van der Waals surface area contributed by atoms with Crippen LogP contribution in [-0.2, 0) is 4.79 Å². The molecule has 25 heavy (non-hydrogen) atoms. The fourth-order valence-electron chi connectivity index (χ4n) is 3.10. The number of nitrogens with zero attached hydrogens (tertiary/aromatic N) is 3. The van der Waals surface area contributed by atoms with Crippen molar-refractivity contribution in [2.24, 2.45) is 0 Å². The Morgan fingerprint density at radius 1 is 1.32 bits per heavy atom. The predicted octanol–water partition coefficient (Wildman–Crippen LogP) is 3.11. The molecule has 2 amide bonds. The van der Waals surface area contributed by atoms with Crippen molar-refractivity contribution < 1.29 is 9.59 Å². The molecule has 0 bridgehead atoms. The fraction of sp³-hybridized carbons (Fsp3) is 0.389. The third kappa shape index (κ3) is 3.85. The van der Waals surface area contributed by atoms with Crippen molar-refractivity contribution in [1.82, 2.24) is 15.1 Å². The van der Waals surface area contributed by atoms with E-state index in [4.69, 9.17) is 11.6 Å². The molecule has 0 radical (unpaired) electrons. The van der Waals surface area contributed by atoms with Gasteiger partial charge in [0, 0.05) is 23.5 Å². The van der Waals surface area contributed by atoms with E-state index in [2.05, 4.69) is 17.1 Å². The zero-order chi connectivity index (χ0) is 17.8. The Kier molecular flexibility index (Phi) is 5.38. The molecule has 1 saturated heterocycles. The maximum Gasteiger partial charge on any atom is 0.272 e. The Morgan fingerprint density at radius 2 is 2.08 bits per heavy atom. The summed E-state index contributed by atoms with van der Waals surface area (Å²) in [6, 6.07) is 8.83. The van der Waals surface area contributed by atoms with Crippen LogP contribution in [-0.4, -0.2) is 46.0 Å². The Balaban J connectivity index is 1.82. The Hall–Kier alpha value is -2.34. The van der Waals surface area contributed by atoms with Gasteiger partial charge in [0.25, 0.3) is 5.91 Å². The van der Waals surface area contributed by atoms with Crippen LogP contribution < -0.4 is 4.90 Å². The number of nitrogens with one attached hydrogen (secondary N) is 1. The number of hydrogen-bond acceptors (Lipinski definition) is 3. The SMILES string of the molecule is CCCC[C@H]1CN(c2ccc(Cl)cc2)C(=O)CN1C(=O)c1ccn[nH]1. The first kappa shape index (κ1) is 17.5. The second-order valence-electron chi connectivity index (χ2n) is 6.18. The van der Waals surface area contributed by atoms with Gasteiger partial charge in [-0.15, -0.1) is 0 Å². The predicted molar refractivity (Wildman–Crippen MR) is 96.7 cm³/mol. The maximum absolute atomic E-state index is 12.7. The summed E-state index contributed by atoms with van der Waals surface area (Å²) < 4.78 is 0. The molecule has 0 saturated carbocycles. The van der Waals surface area contributed by atoms with E-state index in [9.17, 15) is 9.59 Å². The van der Waals surface area contributed by atoms with Gasteiger partial charge in [0.05, 0.1) is 6.04 Å². The monoisotopic (exact) mass is 360 g/mol. The first-order valence-electron chi connectivity index (χ1n) is 8.46. The number of halogens is 1. The topological polar surface area (TPSA) is 69.3 Å². The van der Waals surface area contributed by atoms with Gasteiger partial charge in [-0.2, -0.15) is 5.10 Å². The van der Waals surface area contributed by atoms with Gasteiger partial charge in [0.2, 0.25) is 5.91 Å². The van der Waals surface area contributed by atoms with Gasteiger partial charge in [-0.3, -0.25) is 14.7 Å². The van der Waals surface area contributed by atoms with Crippen molar-refractivity contribution in [3.8, 4) is 0 Å². The zero-order valence-electron chi connectivity index (χ0n) is 14.1. The van der Waals surface area contributed by atoms with E-state index in [1.165, 1.54) is 0 Å². The van der Waals surface area contributed by atoms with Gasteiger partial charge in [0.15, 0.2) is 0 Å². The smallest absolute Gasteiger partial charge is 0.272 e. The molecule has 1 fully saturated rings. The molecule has 132 valence electrons. The molecule has 2 heterocycles. The van der Waals surface area contributed by atoms with Crippen LogP contribution >= 0.6 is 11.6 Å². The molecule has 1 aromatic heterocycles. The second kappa shape index (κ2) is 7.70. The lowest BCUT2D eigenvalue weighted by molar-refractivity contribution is -0.121. The average Bonchev–Trinajstić information content (AvgIpc) is 3.15. The molecule has 2 aromatic rings. The van der Waals surface area contributed by atoms with Gasteiger partial charge >= 0.3 is 0 Å². The second-order valence-corrected chi connectivity index (χ2v) is 6.62. The summed E-state index contributed by atoms with van der Waals surface area (Å²) in [5, 5.41) is 7.16. The summed E-state index contributed by atoms with van der Waals surface area (Å²) in [5.41, 5.74) is 1.22. The summed E-state index contributed by atoms with van der Waals surface area (Å²) in [4.78, 5) is 28.8. The van der Waals surface area contributed by atoms with Crippen molar-refractivity contribution in [2.75, 3.05) is 18.0 Å². The molecule has 3 rings (SSSR count). The average molecular weight is 361 g/mol. The quantitative estimate of drug-likeness (QED) is 0.890. The number of carbonyl (C=O) groups excluding carboxylic acids is 2. The molecular formula is C18H21ClN4O2. The summed E-state index contributed by atoms with van der Waals surface area (Å²) in [6.45, 7) is 2.67. The van der Waals surface area contributed by atoms with E-state index in [0.29, 0.717) is 17.3 Å². The molecule has 7 heteroatoms.